The molecule has 2 heterocycles. The summed E-state index contributed by atoms with van der Waals surface area (Å²) < 4.78 is 0. The number of piperidine rings is 1. The Balaban J connectivity index is 1.75. The van der Waals surface area contributed by atoms with Crippen LogP contribution in [0.2, 0.25) is 0 Å². The lowest BCUT2D eigenvalue weighted by molar-refractivity contribution is 0.0538. The van der Waals surface area contributed by atoms with Crippen LogP contribution in [0.1, 0.15) is 29.9 Å². The number of hydrogen-bond donors (Lipinski definition) is 1. The molecule has 1 aromatic heterocycles. The van der Waals surface area contributed by atoms with Gasteiger partial charge < -0.3 is 10.6 Å². The van der Waals surface area contributed by atoms with Crippen LogP contribution in [0, 0.1) is 5.41 Å². The summed E-state index contributed by atoms with van der Waals surface area (Å²) in [4.78, 5) is 21.0. The molecule has 2 N–H and O–H groups in total. The van der Waals surface area contributed by atoms with Gasteiger partial charge in [-0.25, -0.2) is 4.98 Å². The van der Waals surface area contributed by atoms with Crippen LogP contribution in [0.25, 0.3) is 21.8 Å². The molecule has 0 saturated carbocycles. The van der Waals surface area contributed by atoms with E-state index in [2.05, 4.69) is 13.8 Å². The number of aromatic nitrogens is 1. The number of nitrogens with zero attached hydrogens (tertiary/aromatic N) is 2. The van der Waals surface area contributed by atoms with Crippen molar-refractivity contribution in [1.82, 2.24) is 9.88 Å². The molecule has 0 bridgehead atoms. The van der Waals surface area contributed by atoms with Gasteiger partial charge in [-0.05, 0) is 11.8 Å². The van der Waals surface area contributed by atoms with E-state index < -0.39 is 0 Å². The lowest BCUT2D eigenvalue weighted by atomic mass is 9.79. The average Bonchev–Trinajstić information content (AvgIpc) is 3.16. The molecule has 1 atom stereocenters. The highest BCUT2D eigenvalue weighted by Gasteiger charge is 2.37. The fourth-order valence-electron chi connectivity index (χ4n) is 3.65. The van der Waals surface area contributed by atoms with Crippen molar-refractivity contribution < 1.29 is 4.79 Å². The number of benzene rings is 2. The van der Waals surface area contributed by atoms with E-state index in [1.54, 1.807) is 0 Å². The van der Waals surface area contributed by atoms with Gasteiger partial charge in [-0.1, -0.05) is 74.5 Å². The highest BCUT2D eigenvalue weighted by atomic mass is 32.1. The van der Waals surface area contributed by atoms with Gasteiger partial charge in [0.2, 0.25) is 0 Å². The van der Waals surface area contributed by atoms with Crippen molar-refractivity contribution in [1.29, 1.82) is 0 Å². The summed E-state index contributed by atoms with van der Waals surface area (Å²) >= 11 is 1.48. The predicted octanol–water partition coefficient (Wildman–Crippen LogP) is 4.68. The Morgan fingerprint density at radius 3 is 2.29 bits per heavy atom. The Hall–Kier alpha value is -2.50. The molecule has 0 aliphatic carbocycles. The SMILES string of the molecule is CC1(C)CN(C(=O)c2sc(-c3ccccc3)nc2-c2ccccc2)CCC1N. The standard InChI is InChI=1S/C23H25N3OS/c1-23(2)15-26(14-13-18(23)24)22(27)20-19(16-9-5-3-6-10-16)25-21(28-20)17-11-7-4-8-12-17/h3-12,18H,13-15,24H2,1-2H3. The van der Waals surface area contributed by atoms with E-state index >= 15 is 0 Å². The van der Waals surface area contributed by atoms with E-state index in [-0.39, 0.29) is 17.4 Å². The molecule has 0 spiro atoms. The average molecular weight is 392 g/mol. The minimum Gasteiger partial charge on any atom is -0.337 e. The van der Waals surface area contributed by atoms with Gasteiger partial charge in [0.25, 0.3) is 5.91 Å². The lowest BCUT2D eigenvalue weighted by Gasteiger charge is -2.42. The lowest BCUT2D eigenvalue weighted by Crippen LogP contribution is -2.53. The van der Waals surface area contributed by atoms with Crippen LogP contribution in [-0.4, -0.2) is 34.9 Å². The highest BCUT2D eigenvalue weighted by Crippen LogP contribution is 2.36. The molecule has 0 radical (unpaired) electrons. The number of amides is 1. The quantitative estimate of drug-likeness (QED) is 0.705. The Morgan fingerprint density at radius 1 is 1.07 bits per heavy atom. The first kappa shape index (κ1) is 18.8. The number of carbonyl (C=O) groups excluding carboxylic acids is 1. The van der Waals surface area contributed by atoms with Crippen molar-refractivity contribution in [2.45, 2.75) is 26.3 Å². The zero-order valence-corrected chi connectivity index (χ0v) is 17.1. The van der Waals surface area contributed by atoms with Gasteiger partial charge in [0.1, 0.15) is 9.88 Å². The fourth-order valence-corrected chi connectivity index (χ4v) is 4.71. The summed E-state index contributed by atoms with van der Waals surface area (Å²) in [6.45, 7) is 5.63. The molecule has 5 heteroatoms. The largest absolute Gasteiger partial charge is 0.337 e. The molecular formula is C23H25N3OS. The summed E-state index contributed by atoms with van der Waals surface area (Å²) in [6, 6.07) is 20.1. The van der Waals surface area contributed by atoms with Crippen molar-refractivity contribution in [2.24, 2.45) is 11.1 Å². The molecular weight excluding hydrogens is 366 g/mol. The van der Waals surface area contributed by atoms with Crippen LogP contribution >= 0.6 is 11.3 Å². The molecule has 1 amide bonds. The molecule has 1 saturated heterocycles. The molecule has 28 heavy (non-hydrogen) atoms. The minimum absolute atomic E-state index is 0.0542. The molecule has 4 rings (SSSR count). The van der Waals surface area contributed by atoms with E-state index in [4.69, 9.17) is 10.7 Å². The predicted molar refractivity (Wildman–Crippen MR) is 115 cm³/mol. The van der Waals surface area contributed by atoms with Crippen LogP contribution in [0.4, 0.5) is 0 Å². The maximum absolute atomic E-state index is 13.5. The van der Waals surface area contributed by atoms with Crippen LogP contribution in [0.15, 0.2) is 60.7 Å². The number of likely N-dealkylation sites (tertiary alicyclic amines) is 1. The molecule has 4 nitrogen and oxygen atoms in total. The van der Waals surface area contributed by atoms with E-state index in [0.717, 1.165) is 28.2 Å². The third kappa shape index (κ3) is 3.60. The first-order valence-corrected chi connectivity index (χ1v) is 10.4. The second-order valence-electron chi connectivity index (χ2n) is 8.04. The zero-order chi connectivity index (χ0) is 19.7. The van der Waals surface area contributed by atoms with E-state index in [0.29, 0.717) is 18.0 Å². The number of hydrogen-bond acceptors (Lipinski definition) is 4. The van der Waals surface area contributed by atoms with Crippen LogP contribution < -0.4 is 5.73 Å². The molecule has 1 aliphatic heterocycles. The van der Waals surface area contributed by atoms with Crippen LogP contribution in [-0.2, 0) is 0 Å². The second-order valence-corrected chi connectivity index (χ2v) is 9.04. The van der Waals surface area contributed by atoms with Gasteiger partial charge in [-0.3, -0.25) is 4.79 Å². The fraction of sp³-hybridized carbons (Fsp3) is 0.304. The van der Waals surface area contributed by atoms with E-state index in [1.807, 2.05) is 65.6 Å². The third-order valence-electron chi connectivity index (χ3n) is 5.49. The normalized spacial score (nSPS) is 18.8. The smallest absolute Gasteiger partial charge is 0.266 e. The van der Waals surface area contributed by atoms with Gasteiger partial charge in [0, 0.05) is 30.3 Å². The van der Waals surface area contributed by atoms with Gasteiger partial charge in [-0.15, -0.1) is 11.3 Å². The third-order valence-corrected chi connectivity index (χ3v) is 6.58. The Labute approximate surface area is 170 Å². The molecule has 1 unspecified atom stereocenters. The molecule has 2 aromatic carbocycles. The molecule has 1 aliphatic rings. The van der Waals surface area contributed by atoms with Gasteiger partial charge >= 0.3 is 0 Å². The van der Waals surface area contributed by atoms with Crippen LogP contribution in [0.5, 0.6) is 0 Å². The second kappa shape index (κ2) is 7.49. The van der Waals surface area contributed by atoms with Crippen molar-refractivity contribution in [3.63, 3.8) is 0 Å². The first-order chi connectivity index (χ1) is 13.5. The zero-order valence-electron chi connectivity index (χ0n) is 16.3. The maximum Gasteiger partial charge on any atom is 0.266 e. The molecule has 1 fully saturated rings. The number of carbonyl (C=O) groups is 1. The summed E-state index contributed by atoms with van der Waals surface area (Å²) in [5.74, 6) is 0.0542. The first-order valence-electron chi connectivity index (χ1n) is 9.62. The van der Waals surface area contributed by atoms with Crippen LogP contribution in [0.3, 0.4) is 0 Å². The van der Waals surface area contributed by atoms with E-state index in [1.165, 1.54) is 11.3 Å². The Kier molecular flexibility index (Phi) is 5.04. The summed E-state index contributed by atoms with van der Waals surface area (Å²) in [6.07, 6.45) is 0.823. The summed E-state index contributed by atoms with van der Waals surface area (Å²) in [5.41, 5.74) is 8.95. The van der Waals surface area contributed by atoms with Crippen molar-refractivity contribution in [3.05, 3.63) is 65.5 Å². The molecule has 144 valence electrons. The van der Waals surface area contributed by atoms with Gasteiger partial charge in [0.15, 0.2) is 0 Å². The summed E-state index contributed by atoms with van der Waals surface area (Å²) in [7, 11) is 0. The Morgan fingerprint density at radius 2 is 1.68 bits per heavy atom. The van der Waals surface area contributed by atoms with Crippen molar-refractivity contribution in [3.8, 4) is 21.8 Å². The Bertz CT molecular complexity index is 966. The topological polar surface area (TPSA) is 59.2 Å². The van der Waals surface area contributed by atoms with Crippen molar-refractivity contribution >= 4 is 17.2 Å². The van der Waals surface area contributed by atoms with E-state index in [9.17, 15) is 4.79 Å². The number of thiazole rings is 1. The number of nitrogens with two attached hydrogens (primary N) is 1. The highest BCUT2D eigenvalue weighted by molar-refractivity contribution is 7.17. The number of rotatable bonds is 3. The summed E-state index contributed by atoms with van der Waals surface area (Å²) in [5, 5.41) is 0.871. The monoisotopic (exact) mass is 391 g/mol. The maximum atomic E-state index is 13.5. The van der Waals surface area contributed by atoms with Gasteiger partial charge in [0.05, 0.1) is 5.69 Å². The van der Waals surface area contributed by atoms with Crippen molar-refractivity contribution in [2.75, 3.05) is 13.1 Å². The minimum atomic E-state index is -0.0895. The van der Waals surface area contributed by atoms with Gasteiger partial charge in [-0.2, -0.15) is 0 Å². The molecule has 3 aromatic rings.